The van der Waals surface area contributed by atoms with Crippen molar-refractivity contribution in [3.05, 3.63) is 83.4 Å². The third-order valence-electron chi connectivity index (χ3n) is 6.28. The summed E-state index contributed by atoms with van der Waals surface area (Å²) in [5.41, 5.74) is 2.25. The molecule has 0 saturated carbocycles. The van der Waals surface area contributed by atoms with Crippen molar-refractivity contribution in [3.63, 3.8) is 0 Å². The van der Waals surface area contributed by atoms with Gasteiger partial charge in [0.1, 0.15) is 5.76 Å². The quantitative estimate of drug-likeness (QED) is 0.227. The Labute approximate surface area is 217 Å². The molecule has 1 saturated heterocycles. The minimum absolute atomic E-state index is 0.0705. The minimum atomic E-state index is -0.761. The van der Waals surface area contributed by atoms with Gasteiger partial charge in [0.2, 0.25) is 0 Å². The van der Waals surface area contributed by atoms with Crippen LogP contribution in [-0.4, -0.2) is 51.0 Å². The Kier molecular flexibility index (Phi) is 8.28. The van der Waals surface area contributed by atoms with Crippen molar-refractivity contribution in [2.24, 2.45) is 0 Å². The SMILES string of the molecule is CCCOc1ccc(C2/C(=C(\O)c3ccc(C)cc3)C(=O)C(=O)N2CCCn2ccnc2)cc1OCC. The summed E-state index contributed by atoms with van der Waals surface area (Å²) in [5, 5.41) is 11.3. The molecule has 2 aromatic carbocycles. The molecule has 1 atom stereocenters. The highest BCUT2D eigenvalue weighted by Crippen LogP contribution is 2.42. The maximum atomic E-state index is 13.3. The second-order valence-electron chi connectivity index (χ2n) is 9.00. The molecule has 1 N–H and O–H groups in total. The fourth-order valence-corrected chi connectivity index (χ4v) is 4.46. The number of aromatic nitrogens is 2. The molecule has 8 heteroatoms. The third kappa shape index (κ3) is 5.69. The van der Waals surface area contributed by atoms with Gasteiger partial charge in [-0.3, -0.25) is 9.59 Å². The van der Waals surface area contributed by atoms with E-state index in [0.717, 1.165) is 12.0 Å². The average molecular weight is 504 g/mol. The van der Waals surface area contributed by atoms with Crippen LogP contribution in [0.25, 0.3) is 5.76 Å². The number of likely N-dealkylation sites (tertiary alicyclic amines) is 1. The van der Waals surface area contributed by atoms with Crippen LogP contribution in [0.4, 0.5) is 0 Å². The Morgan fingerprint density at radius 3 is 2.49 bits per heavy atom. The second kappa shape index (κ2) is 11.8. The maximum Gasteiger partial charge on any atom is 0.295 e. The van der Waals surface area contributed by atoms with Crippen molar-refractivity contribution in [2.75, 3.05) is 19.8 Å². The van der Waals surface area contributed by atoms with E-state index in [4.69, 9.17) is 9.47 Å². The Morgan fingerprint density at radius 2 is 1.81 bits per heavy atom. The number of amides is 1. The summed E-state index contributed by atoms with van der Waals surface area (Å²) in [6.45, 7) is 7.80. The van der Waals surface area contributed by atoms with Crippen LogP contribution in [0.15, 0.2) is 66.8 Å². The number of Topliss-reactive ketones (excluding diaryl/α,β-unsaturated/α-hetero) is 1. The van der Waals surface area contributed by atoms with E-state index in [2.05, 4.69) is 4.98 Å². The standard InChI is InChI=1S/C29H33N3O5/c1-4-17-37-23-12-11-22(18-24(23)36-5-2)26-25(27(33)21-9-7-20(3)8-10-21)28(34)29(35)32(26)15-6-14-31-16-13-30-19-31/h7-13,16,18-19,26,33H,4-6,14-15,17H2,1-3H3/b27-25+. The monoisotopic (exact) mass is 503 g/mol. The van der Waals surface area contributed by atoms with Crippen molar-refractivity contribution in [1.29, 1.82) is 0 Å². The van der Waals surface area contributed by atoms with E-state index in [9.17, 15) is 14.7 Å². The first-order chi connectivity index (χ1) is 17.9. The van der Waals surface area contributed by atoms with Crippen LogP contribution in [0.1, 0.15) is 49.4 Å². The van der Waals surface area contributed by atoms with Crippen LogP contribution in [0, 0.1) is 6.92 Å². The number of benzene rings is 2. The summed E-state index contributed by atoms with van der Waals surface area (Å²) in [5.74, 6) is -0.385. The molecule has 1 fully saturated rings. The van der Waals surface area contributed by atoms with Crippen molar-refractivity contribution in [2.45, 2.75) is 46.2 Å². The molecule has 37 heavy (non-hydrogen) atoms. The van der Waals surface area contributed by atoms with Crippen LogP contribution in [0.2, 0.25) is 0 Å². The molecule has 0 bridgehead atoms. The predicted molar refractivity (Wildman–Crippen MR) is 140 cm³/mol. The molecule has 3 aromatic rings. The number of hydrogen-bond donors (Lipinski definition) is 1. The van der Waals surface area contributed by atoms with Gasteiger partial charge in [-0.25, -0.2) is 4.98 Å². The molecule has 0 spiro atoms. The van der Waals surface area contributed by atoms with Gasteiger partial charge < -0.3 is 24.0 Å². The van der Waals surface area contributed by atoms with E-state index in [1.54, 1.807) is 36.8 Å². The van der Waals surface area contributed by atoms with Gasteiger partial charge in [-0.1, -0.05) is 42.8 Å². The number of aliphatic hydroxyl groups excluding tert-OH is 1. The fraction of sp³-hybridized carbons (Fsp3) is 0.345. The predicted octanol–water partition coefficient (Wildman–Crippen LogP) is 4.89. The molecule has 8 nitrogen and oxygen atoms in total. The number of hydrogen-bond acceptors (Lipinski definition) is 6. The van der Waals surface area contributed by atoms with Crippen LogP contribution >= 0.6 is 0 Å². The minimum Gasteiger partial charge on any atom is -0.507 e. The normalized spacial score (nSPS) is 16.8. The summed E-state index contributed by atoms with van der Waals surface area (Å²) in [4.78, 5) is 32.2. The molecule has 1 aliphatic heterocycles. The van der Waals surface area contributed by atoms with E-state index in [1.165, 1.54) is 4.90 Å². The number of aryl methyl sites for hydroxylation is 2. The van der Waals surface area contributed by atoms with Gasteiger partial charge in [-0.05, 0) is 44.4 Å². The lowest BCUT2D eigenvalue weighted by Crippen LogP contribution is -2.31. The van der Waals surface area contributed by atoms with Gasteiger partial charge in [-0.15, -0.1) is 0 Å². The lowest BCUT2D eigenvalue weighted by molar-refractivity contribution is -0.139. The number of ketones is 1. The largest absolute Gasteiger partial charge is 0.507 e. The third-order valence-corrected chi connectivity index (χ3v) is 6.28. The van der Waals surface area contributed by atoms with Crippen molar-refractivity contribution < 1.29 is 24.2 Å². The lowest BCUT2D eigenvalue weighted by atomic mass is 9.94. The van der Waals surface area contributed by atoms with E-state index in [0.29, 0.717) is 55.4 Å². The highest BCUT2D eigenvalue weighted by Gasteiger charge is 2.46. The molecule has 4 rings (SSSR count). The Bertz CT molecular complexity index is 1270. The number of carbonyl (C=O) groups is 2. The number of rotatable bonds is 11. The fourth-order valence-electron chi connectivity index (χ4n) is 4.46. The molecular formula is C29H33N3O5. The lowest BCUT2D eigenvalue weighted by Gasteiger charge is -2.26. The first-order valence-corrected chi connectivity index (χ1v) is 12.6. The van der Waals surface area contributed by atoms with Crippen molar-refractivity contribution in [1.82, 2.24) is 14.5 Å². The highest BCUT2D eigenvalue weighted by atomic mass is 16.5. The van der Waals surface area contributed by atoms with Gasteiger partial charge >= 0.3 is 0 Å². The van der Waals surface area contributed by atoms with Crippen molar-refractivity contribution >= 4 is 17.4 Å². The van der Waals surface area contributed by atoms with Crippen molar-refractivity contribution in [3.8, 4) is 11.5 Å². The molecular weight excluding hydrogens is 470 g/mol. The number of aliphatic hydroxyl groups is 1. The summed E-state index contributed by atoms with van der Waals surface area (Å²) in [6.07, 6.45) is 6.73. The van der Waals surface area contributed by atoms with E-state index in [1.807, 2.05) is 49.7 Å². The maximum absolute atomic E-state index is 13.3. The van der Waals surface area contributed by atoms with Crippen LogP contribution < -0.4 is 9.47 Å². The van der Waals surface area contributed by atoms with Crippen LogP contribution in [0.3, 0.4) is 0 Å². The average Bonchev–Trinajstić information content (AvgIpc) is 3.50. The molecule has 2 heterocycles. The second-order valence-corrected chi connectivity index (χ2v) is 9.00. The first kappa shape index (κ1) is 26.0. The molecule has 0 radical (unpaired) electrons. The number of carbonyl (C=O) groups excluding carboxylic acids is 2. The zero-order valence-electron chi connectivity index (χ0n) is 21.5. The first-order valence-electron chi connectivity index (χ1n) is 12.6. The molecule has 1 aliphatic rings. The zero-order valence-corrected chi connectivity index (χ0v) is 21.5. The van der Waals surface area contributed by atoms with Gasteiger partial charge in [0.05, 0.1) is 31.2 Å². The number of nitrogens with zero attached hydrogens (tertiary/aromatic N) is 3. The summed E-state index contributed by atoms with van der Waals surface area (Å²) in [7, 11) is 0. The molecule has 0 aliphatic carbocycles. The van der Waals surface area contributed by atoms with Gasteiger partial charge in [0.15, 0.2) is 11.5 Å². The summed E-state index contributed by atoms with van der Waals surface area (Å²) >= 11 is 0. The summed E-state index contributed by atoms with van der Waals surface area (Å²) < 4.78 is 13.6. The van der Waals surface area contributed by atoms with Crippen LogP contribution in [0.5, 0.6) is 11.5 Å². The molecule has 1 amide bonds. The highest BCUT2D eigenvalue weighted by molar-refractivity contribution is 6.46. The molecule has 194 valence electrons. The Balaban J connectivity index is 1.76. The smallest absolute Gasteiger partial charge is 0.295 e. The Hall–Kier alpha value is -4.07. The van der Waals surface area contributed by atoms with E-state index in [-0.39, 0.29) is 11.3 Å². The number of imidazole rings is 1. The topological polar surface area (TPSA) is 93.9 Å². The molecule has 1 aromatic heterocycles. The van der Waals surface area contributed by atoms with Gasteiger partial charge in [0.25, 0.3) is 11.7 Å². The van der Waals surface area contributed by atoms with Gasteiger partial charge in [0, 0.05) is 31.0 Å². The van der Waals surface area contributed by atoms with Gasteiger partial charge in [-0.2, -0.15) is 0 Å². The Morgan fingerprint density at radius 1 is 1.03 bits per heavy atom. The summed E-state index contributed by atoms with van der Waals surface area (Å²) in [6, 6.07) is 11.9. The molecule has 1 unspecified atom stereocenters. The van der Waals surface area contributed by atoms with Crippen LogP contribution in [-0.2, 0) is 16.1 Å². The zero-order chi connectivity index (χ0) is 26.4. The van der Waals surface area contributed by atoms with E-state index < -0.39 is 17.7 Å². The number of ether oxygens (including phenoxy) is 2. The van der Waals surface area contributed by atoms with E-state index >= 15 is 0 Å².